The molecule has 0 aliphatic heterocycles. The highest BCUT2D eigenvalue weighted by molar-refractivity contribution is 5.75. The van der Waals surface area contributed by atoms with Gasteiger partial charge in [-0.25, -0.2) is 4.79 Å². The predicted molar refractivity (Wildman–Crippen MR) is 60.7 cm³/mol. The van der Waals surface area contributed by atoms with E-state index in [9.17, 15) is 4.79 Å². The Hall–Kier alpha value is -0.730. The molecule has 2 atom stereocenters. The van der Waals surface area contributed by atoms with Crippen molar-refractivity contribution in [2.75, 3.05) is 6.54 Å². The van der Waals surface area contributed by atoms with Gasteiger partial charge in [-0.1, -0.05) is 6.92 Å². The molecule has 0 heterocycles. The Kier molecular flexibility index (Phi) is 2.89. The summed E-state index contributed by atoms with van der Waals surface area (Å²) in [7, 11) is 0. The zero-order valence-corrected chi connectivity index (χ0v) is 9.99. The molecule has 1 N–H and O–H groups in total. The maximum Gasteiger partial charge on any atom is 0.317 e. The van der Waals surface area contributed by atoms with E-state index in [0.717, 1.165) is 31.2 Å². The predicted octanol–water partition coefficient (Wildman–Crippen LogP) is 2.22. The van der Waals surface area contributed by atoms with Gasteiger partial charge in [-0.15, -0.1) is 0 Å². The molecule has 2 aliphatic carbocycles. The molecule has 0 aromatic rings. The molecule has 2 amide bonds. The molecule has 2 aliphatic rings. The monoisotopic (exact) mass is 210 g/mol. The lowest BCUT2D eigenvalue weighted by Gasteiger charge is -2.27. The van der Waals surface area contributed by atoms with Crippen molar-refractivity contribution in [3.05, 3.63) is 0 Å². The highest BCUT2D eigenvalue weighted by atomic mass is 16.2. The SMILES string of the molecule is CC(C)N(C[C@H]1C[C@H]1C)C(=O)NC1CC1. The lowest BCUT2D eigenvalue weighted by atomic mass is 10.2. The van der Waals surface area contributed by atoms with Gasteiger partial charge in [0.15, 0.2) is 0 Å². The molecule has 15 heavy (non-hydrogen) atoms. The van der Waals surface area contributed by atoms with E-state index in [0.29, 0.717) is 12.1 Å². The fourth-order valence-corrected chi connectivity index (χ4v) is 1.92. The summed E-state index contributed by atoms with van der Waals surface area (Å²) < 4.78 is 0. The summed E-state index contributed by atoms with van der Waals surface area (Å²) in [5.74, 6) is 1.57. The van der Waals surface area contributed by atoms with Crippen molar-refractivity contribution in [2.45, 2.75) is 52.1 Å². The molecule has 0 unspecified atom stereocenters. The second-order valence-electron chi connectivity index (χ2n) is 5.44. The molecule has 86 valence electrons. The van der Waals surface area contributed by atoms with Crippen LogP contribution in [0.3, 0.4) is 0 Å². The maximum absolute atomic E-state index is 11.9. The Morgan fingerprint density at radius 3 is 2.47 bits per heavy atom. The average Bonchev–Trinajstić information content (AvgIpc) is 3.01. The van der Waals surface area contributed by atoms with E-state index in [1.165, 1.54) is 6.42 Å². The first-order valence-corrected chi connectivity index (χ1v) is 6.15. The third-order valence-electron chi connectivity index (χ3n) is 3.50. The zero-order chi connectivity index (χ0) is 11.0. The Morgan fingerprint density at radius 2 is 2.07 bits per heavy atom. The van der Waals surface area contributed by atoms with E-state index in [1.807, 2.05) is 4.90 Å². The second-order valence-corrected chi connectivity index (χ2v) is 5.44. The highest BCUT2D eigenvalue weighted by Gasteiger charge is 2.36. The summed E-state index contributed by atoms with van der Waals surface area (Å²) in [5.41, 5.74) is 0. The van der Waals surface area contributed by atoms with Crippen LogP contribution in [0.1, 0.15) is 40.0 Å². The van der Waals surface area contributed by atoms with Crippen LogP contribution in [-0.4, -0.2) is 29.6 Å². The molecule has 0 aromatic carbocycles. The molecule has 3 heteroatoms. The first kappa shape index (κ1) is 10.8. The number of carbonyl (C=O) groups is 1. The molecule has 0 bridgehead atoms. The van der Waals surface area contributed by atoms with Crippen LogP contribution in [-0.2, 0) is 0 Å². The Morgan fingerprint density at radius 1 is 1.47 bits per heavy atom. The summed E-state index contributed by atoms with van der Waals surface area (Å²) in [4.78, 5) is 13.9. The Bertz CT molecular complexity index is 248. The fourth-order valence-electron chi connectivity index (χ4n) is 1.92. The molecule has 2 rings (SSSR count). The van der Waals surface area contributed by atoms with Gasteiger partial charge >= 0.3 is 6.03 Å². The van der Waals surface area contributed by atoms with Gasteiger partial charge < -0.3 is 10.2 Å². The summed E-state index contributed by atoms with van der Waals surface area (Å²) >= 11 is 0. The molecular formula is C12H22N2O. The molecule has 0 spiro atoms. The van der Waals surface area contributed by atoms with E-state index in [2.05, 4.69) is 26.1 Å². The van der Waals surface area contributed by atoms with Gasteiger partial charge in [-0.3, -0.25) is 0 Å². The van der Waals surface area contributed by atoms with Crippen molar-refractivity contribution in [3.63, 3.8) is 0 Å². The van der Waals surface area contributed by atoms with Gasteiger partial charge in [0.05, 0.1) is 0 Å². The topological polar surface area (TPSA) is 32.3 Å². The normalized spacial score (nSPS) is 29.1. The standard InChI is InChI=1S/C12H22N2O/c1-8(2)14(7-10-6-9(10)3)12(15)13-11-4-5-11/h8-11H,4-7H2,1-3H3,(H,13,15)/t9-,10-/m1/s1. The summed E-state index contributed by atoms with van der Waals surface area (Å²) in [6.07, 6.45) is 3.62. The van der Waals surface area contributed by atoms with Gasteiger partial charge in [0.25, 0.3) is 0 Å². The Balaban J connectivity index is 1.83. The number of nitrogens with one attached hydrogen (secondary N) is 1. The van der Waals surface area contributed by atoms with E-state index in [4.69, 9.17) is 0 Å². The zero-order valence-electron chi connectivity index (χ0n) is 9.99. The van der Waals surface area contributed by atoms with E-state index in [1.54, 1.807) is 0 Å². The van der Waals surface area contributed by atoms with Crippen molar-refractivity contribution < 1.29 is 4.79 Å². The van der Waals surface area contributed by atoms with E-state index < -0.39 is 0 Å². The first-order valence-electron chi connectivity index (χ1n) is 6.15. The van der Waals surface area contributed by atoms with Crippen LogP contribution >= 0.6 is 0 Å². The van der Waals surface area contributed by atoms with Crippen LogP contribution < -0.4 is 5.32 Å². The number of rotatable bonds is 4. The van der Waals surface area contributed by atoms with Gasteiger partial charge in [0.2, 0.25) is 0 Å². The van der Waals surface area contributed by atoms with Crippen LogP contribution in [0.15, 0.2) is 0 Å². The van der Waals surface area contributed by atoms with E-state index in [-0.39, 0.29) is 6.03 Å². The van der Waals surface area contributed by atoms with Crippen molar-refractivity contribution in [1.29, 1.82) is 0 Å². The molecule has 2 saturated carbocycles. The maximum atomic E-state index is 11.9. The number of carbonyl (C=O) groups excluding carboxylic acids is 1. The fraction of sp³-hybridized carbons (Fsp3) is 0.917. The number of hydrogen-bond donors (Lipinski definition) is 1. The van der Waals surface area contributed by atoms with Crippen molar-refractivity contribution in [3.8, 4) is 0 Å². The van der Waals surface area contributed by atoms with Gasteiger partial charge in [-0.2, -0.15) is 0 Å². The highest BCUT2D eigenvalue weighted by Crippen LogP contribution is 2.38. The minimum atomic E-state index is 0.145. The van der Waals surface area contributed by atoms with Crippen molar-refractivity contribution in [1.82, 2.24) is 10.2 Å². The van der Waals surface area contributed by atoms with Crippen molar-refractivity contribution >= 4 is 6.03 Å². The summed E-state index contributed by atoms with van der Waals surface area (Å²) in [5, 5.41) is 3.07. The van der Waals surface area contributed by atoms with Crippen LogP contribution in [0.5, 0.6) is 0 Å². The number of nitrogens with zero attached hydrogens (tertiary/aromatic N) is 1. The van der Waals surface area contributed by atoms with Gasteiger partial charge in [0.1, 0.15) is 0 Å². The lowest BCUT2D eigenvalue weighted by molar-refractivity contribution is 0.178. The third kappa shape index (κ3) is 2.86. The molecular weight excluding hydrogens is 188 g/mol. The molecule has 2 fully saturated rings. The Labute approximate surface area is 92.2 Å². The second kappa shape index (κ2) is 4.03. The van der Waals surface area contributed by atoms with Crippen LogP contribution in [0.4, 0.5) is 4.79 Å². The van der Waals surface area contributed by atoms with Crippen LogP contribution in [0.2, 0.25) is 0 Å². The number of hydrogen-bond acceptors (Lipinski definition) is 1. The average molecular weight is 210 g/mol. The van der Waals surface area contributed by atoms with Crippen molar-refractivity contribution in [2.24, 2.45) is 11.8 Å². The van der Waals surface area contributed by atoms with Gasteiger partial charge in [0, 0.05) is 18.6 Å². The molecule has 0 radical (unpaired) electrons. The lowest BCUT2D eigenvalue weighted by Crippen LogP contribution is -2.45. The minimum Gasteiger partial charge on any atom is -0.335 e. The summed E-state index contributed by atoms with van der Waals surface area (Å²) in [6, 6.07) is 0.929. The quantitative estimate of drug-likeness (QED) is 0.758. The largest absolute Gasteiger partial charge is 0.335 e. The minimum absolute atomic E-state index is 0.145. The molecule has 0 saturated heterocycles. The third-order valence-corrected chi connectivity index (χ3v) is 3.50. The van der Waals surface area contributed by atoms with E-state index >= 15 is 0 Å². The molecule has 0 aromatic heterocycles. The smallest absolute Gasteiger partial charge is 0.317 e. The first-order chi connectivity index (χ1) is 7.08. The number of amides is 2. The molecule has 3 nitrogen and oxygen atoms in total. The number of urea groups is 1. The van der Waals surface area contributed by atoms with Crippen LogP contribution in [0, 0.1) is 11.8 Å². The summed E-state index contributed by atoms with van der Waals surface area (Å²) in [6.45, 7) is 7.40. The van der Waals surface area contributed by atoms with Gasteiger partial charge in [-0.05, 0) is 44.9 Å². The van der Waals surface area contributed by atoms with Crippen LogP contribution in [0.25, 0.3) is 0 Å².